The number of aliphatic carboxylic acids is 1. The molecule has 8 heteroatoms. The molecule has 1 aliphatic carbocycles. The average Bonchev–Trinajstić information content (AvgIpc) is 3.40. The zero-order valence-electron chi connectivity index (χ0n) is 14.9. The van der Waals surface area contributed by atoms with Gasteiger partial charge in [0.05, 0.1) is 10.7 Å². The fourth-order valence-electron chi connectivity index (χ4n) is 3.26. The molecule has 1 fully saturated rings. The van der Waals surface area contributed by atoms with Crippen LogP contribution in [0.15, 0.2) is 35.4 Å². The van der Waals surface area contributed by atoms with Crippen LogP contribution in [0.3, 0.4) is 0 Å². The van der Waals surface area contributed by atoms with E-state index in [1.165, 1.54) is 35.6 Å². The second kappa shape index (κ2) is 6.87. The van der Waals surface area contributed by atoms with E-state index >= 15 is 0 Å². The normalized spacial score (nSPS) is 19.9. The van der Waals surface area contributed by atoms with Crippen molar-refractivity contribution in [2.24, 2.45) is 5.10 Å². The van der Waals surface area contributed by atoms with E-state index in [2.05, 4.69) is 44.7 Å². The first-order chi connectivity index (χ1) is 12.8. The van der Waals surface area contributed by atoms with Gasteiger partial charge in [0, 0.05) is 5.39 Å². The molecule has 2 aromatic carbocycles. The Balaban J connectivity index is 1.82. The largest absolute Gasteiger partial charge is 0.480 e. The predicted molar refractivity (Wildman–Crippen MR) is 116 cm³/mol. The number of amidine groups is 1. The molecule has 0 spiro atoms. The van der Waals surface area contributed by atoms with Crippen molar-refractivity contribution in [1.29, 1.82) is 0 Å². The Morgan fingerprint density at radius 1 is 1.37 bits per heavy atom. The molecular weight excluding hydrogens is 450 g/mol. The molecule has 27 heavy (non-hydrogen) atoms. The molecule has 5 nitrogen and oxygen atoms in total. The molecular formula is C19H19BrClN3O2S. The monoisotopic (exact) mass is 467 g/mol. The maximum atomic E-state index is 11.6. The van der Waals surface area contributed by atoms with E-state index < -0.39 is 16.2 Å². The highest BCUT2D eigenvalue weighted by Crippen LogP contribution is 2.48. The van der Waals surface area contributed by atoms with E-state index in [-0.39, 0.29) is 0 Å². The fourth-order valence-corrected chi connectivity index (χ4v) is 5.27. The number of rotatable bonds is 5. The molecule has 2 aromatic rings. The predicted octanol–water partition coefficient (Wildman–Crippen LogP) is 5.33. The van der Waals surface area contributed by atoms with Crippen LogP contribution in [0.2, 0.25) is 5.02 Å². The molecule has 1 unspecified atom stereocenters. The highest BCUT2D eigenvalue weighted by molar-refractivity contribution is 9.18. The number of carboxylic acid groups (broad SMARTS) is 1. The summed E-state index contributed by atoms with van der Waals surface area (Å²) >= 11 is 11.5. The first-order valence-corrected chi connectivity index (χ1v) is 10.7. The van der Waals surface area contributed by atoms with Gasteiger partial charge in [-0.15, -0.1) is 0 Å². The van der Waals surface area contributed by atoms with Gasteiger partial charge in [-0.1, -0.05) is 47.6 Å². The lowest BCUT2D eigenvalue weighted by Gasteiger charge is -2.31. The molecule has 0 radical (unpaired) electrons. The smallest absolute Gasteiger partial charge is 0.319 e. The quantitative estimate of drug-likeness (QED) is 0.581. The average molecular weight is 469 g/mol. The first-order valence-electron chi connectivity index (χ1n) is 8.70. The van der Waals surface area contributed by atoms with Gasteiger partial charge in [0.2, 0.25) is 0 Å². The van der Waals surface area contributed by atoms with E-state index in [1.807, 2.05) is 17.0 Å². The summed E-state index contributed by atoms with van der Waals surface area (Å²) in [5.41, 5.74) is 4.74. The minimum atomic E-state index is -0.987. The number of carbonyl (C=O) groups is 1. The summed E-state index contributed by atoms with van der Waals surface area (Å²) in [6.45, 7) is 3.37. The summed E-state index contributed by atoms with van der Waals surface area (Å²) in [5, 5.41) is 16.7. The maximum absolute atomic E-state index is 11.6. The summed E-state index contributed by atoms with van der Waals surface area (Å²) < 4.78 is -0.411. The van der Waals surface area contributed by atoms with Crippen LogP contribution >= 0.6 is 39.3 Å². The van der Waals surface area contributed by atoms with Crippen LogP contribution in [-0.4, -0.2) is 26.1 Å². The highest BCUT2D eigenvalue weighted by Gasteiger charge is 2.39. The Bertz CT molecular complexity index is 961. The number of benzene rings is 2. The number of hydrogen-bond acceptors (Lipinski definition) is 5. The van der Waals surface area contributed by atoms with Crippen molar-refractivity contribution in [2.45, 2.75) is 42.9 Å². The number of nitrogens with zero attached hydrogens (tertiary/aromatic N) is 2. The molecule has 0 aromatic heterocycles. The number of hydrazone groups is 1. The van der Waals surface area contributed by atoms with Gasteiger partial charge in [-0.05, 0) is 65.6 Å². The number of nitrogens with one attached hydrogen (secondary N) is 1. The molecule has 2 N–H and O–H groups in total. The van der Waals surface area contributed by atoms with E-state index in [0.29, 0.717) is 15.7 Å². The lowest BCUT2D eigenvalue weighted by atomic mass is 9.99. The van der Waals surface area contributed by atoms with Crippen LogP contribution in [0.1, 0.15) is 38.2 Å². The molecule has 0 bridgehead atoms. The Morgan fingerprint density at radius 3 is 2.67 bits per heavy atom. The van der Waals surface area contributed by atoms with Crippen molar-refractivity contribution in [2.75, 3.05) is 4.90 Å². The fraction of sp³-hybridized carbons (Fsp3) is 0.368. The Labute approximate surface area is 175 Å². The second-order valence-electron chi connectivity index (χ2n) is 7.28. The SMILES string of the molecule is CC(C)(SC1NN=C(Br)N1c1c(Cl)cc(C2CC2)c2ccccc12)C(=O)O. The summed E-state index contributed by atoms with van der Waals surface area (Å²) in [6.07, 6.45) is 2.39. The number of thioether (sulfide) groups is 1. The van der Waals surface area contributed by atoms with Crippen molar-refractivity contribution < 1.29 is 9.90 Å². The van der Waals surface area contributed by atoms with E-state index in [1.54, 1.807) is 13.8 Å². The lowest BCUT2D eigenvalue weighted by Crippen LogP contribution is -2.42. The van der Waals surface area contributed by atoms with Crippen LogP contribution in [0, 0.1) is 0 Å². The number of anilines is 1. The van der Waals surface area contributed by atoms with E-state index in [9.17, 15) is 9.90 Å². The number of hydrogen-bond donors (Lipinski definition) is 2. The zero-order chi connectivity index (χ0) is 19.3. The van der Waals surface area contributed by atoms with Crippen LogP contribution in [0.5, 0.6) is 0 Å². The van der Waals surface area contributed by atoms with Gasteiger partial charge < -0.3 is 5.11 Å². The highest BCUT2D eigenvalue weighted by atomic mass is 79.9. The molecule has 1 saturated carbocycles. The third-order valence-corrected chi connectivity index (χ3v) is 7.03. The molecule has 0 amide bonds. The molecule has 2 aliphatic rings. The van der Waals surface area contributed by atoms with Gasteiger partial charge in [-0.3, -0.25) is 15.1 Å². The van der Waals surface area contributed by atoms with Crippen LogP contribution in [-0.2, 0) is 4.79 Å². The van der Waals surface area contributed by atoms with Gasteiger partial charge in [-0.25, -0.2) is 0 Å². The minimum Gasteiger partial charge on any atom is -0.480 e. The summed E-state index contributed by atoms with van der Waals surface area (Å²) in [7, 11) is 0. The van der Waals surface area contributed by atoms with E-state index in [0.717, 1.165) is 11.1 Å². The van der Waals surface area contributed by atoms with Crippen molar-refractivity contribution in [1.82, 2.24) is 5.43 Å². The third-order valence-electron chi connectivity index (χ3n) is 4.88. The molecule has 1 heterocycles. The van der Waals surface area contributed by atoms with Gasteiger partial charge in [0.15, 0.2) is 10.2 Å². The molecule has 142 valence electrons. The lowest BCUT2D eigenvalue weighted by molar-refractivity contribution is -0.138. The van der Waals surface area contributed by atoms with E-state index in [4.69, 9.17) is 11.6 Å². The molecule has 0 saturated heterocycles. The minimum absolute atomic E-state index is 0.391. The standard InChI is InChI=1S/C19H19BrClN3O2S/c1-19(2,16(25)26)27-18-23-22-17(20)24(18)15-12-6-4-3-5-11(12)13(9-14(15)21)10-7-8-10/h3-6,9-10,18,23H,7-8H2,1-2H3,(H,25,26). The van der Waals surface area contributed by atoms with Crippen molar-refractivity contribution >= 4 is 66.5 Å². The number of carboxylic acids is 1. The summed E-state index contributed by atoms with van der Waals surface area (Å²) in [6, 6.07) is 10.3. The Hall–Kier alpha value is -1.44. The van der Waals surface area contributed by atoms with Crippen molar-refractivity contribution in [3.63, 3.8) is 0 Å². The van der Waals surface area contributed by atoms with Gasteiger partial charge in [0.25, 0.3) is 0 Å². The van der Waals surface area contributed by atoms with Gasteiger partial charge >= 0.3 is 5.97 Å². The van der Waals surface area contributed by atoms with Gasteiger partial charge in [-0.2, -0.15) is 5.10 Å². The van der Waals surface area contributed by atoms with Crippen molar-refractivity contribution in [3.05, 3.63) is 40.9 Å². The molecule has 4 rings (SSSR count). The second-order valence-corrected chi connectivity index (χ2v) is 10.1. The third kappa shape index (κ3) is 3.41. The zero-order valence-corrected chi connectivity index (χ0v) is 18.0. The van der Waals surface area contributed by atoms with Gasteiger partial charge in [0.1, 0.15) is 4.75 Å². The Kier molecular flexibility index (Phi) is 4.81. The van der Waals surface area contributed by atoms with Crippen LogP contribution < -0.4 is 10.3 Å². The molecule has 1 aliphatic heterocycles. The maximum Gasteiger partial charge on any atom is 0.319 e. The Morgan fingerprint density at radius 2 is 2.04 bits per heavy atom. The summed E-state index contributed by atoms with van der Waals surface area (Å²) in [4.78, 5) is 13.5. The first kappa shape index (κ1) is 18.9. The summed E-state index contributed by atoms with van der Waals surface area (Å²) in [5.74, 6) is -0.302. The number of halogens is 2. The number of fused-ring (bicyclic) bond motifs is 1. The van der Waals surface area contributed by atoms with Crippen LogP contribution in [0.25, 0.3) is 10.8 Å². The van der Waals surface area contributed by atoms with Crippen molar-refractivity contribution in [3.8, 4) is 0 Å². The molecule has 1 atom stereocenters. The van der Waals surface area contributed by atoms with Crippen LogP contribution in [0.4, 0.5) is 5.69 Å². The topological polar surface area (TPSA) is 64.9 Å².